The molecule has 0 bridgehead atoms. The fraction of sp³-hybridized carbons (Fsp3) is 0.462. The number of nitrogens with one attached hydrogen (secondary N) is 1. The Hall–Kier alpha value is -1.13. The first kappa shape index (κ1) is 16.9. The lowest BCUT2D eigenvalue weighted by molar-refractivity contribution is -0.118. The first-order valence-corrected chi connectivity index (χ1v) is 5.78. The molecule has 0 spiro atoms. The van der Waals surface area contributed by atoms with Crippen LogP contribution in [-0.4, -0.2) is 11.9 Å². The molecule has 0 aliphatic carbocycles. The van der Waals surface area contributed by atoms with Crippen molar-refractivity contribution in [2.45, 2.75) is 33.2 Å². The second-order valence-electron chi connectivity index (χ2n) is 4.38. The van der Waals surface area contributed by atoms with Gasteiger partial charge in [0.15, 0.2) is 0 Å². The van der Waals surface area contributed by atoms with Crippen molar-refractivity contribution in [1.29, 1.82) is 0 Å². The number of halogens is 2. The highest BCUT2D eigenvalue weighted by Crippen LogP contribution is 2.16. The number of hydrogen-bond acceptors (Lipinski definition) is 2. The average molecular weight is 275 g/mol. The van der Waals surface area contributed by atoms with Crippen molar-refractivity contribution in [1.82, 2.24) is 0 Å². The molecule has 3 N–H and O–H groups in total. The number of benzene rings is 1. The quantitative estimate of drug-likeness (QED) is 0.887. The van der Waals surface area contributed by atoms with Gasteiger partial charge in [-0.25, -0.2) is 4.39 Å². The van der Waals surface area contributed by atoms with Crippen LogP contribution in [0.25, 0.3) is 0 Å². The maximum absolute atomic E-state index is 13.5. The smallest absolute Gasteiger partial charge is 0.241 e. The number of hydrogen-bond donors (Lipinski definition) is 2. The number of aryl methyl sites for hydroxylation is 1. The lowest BCUT2D eigenvalue weighted by Crippen LogP contribution is -2.40. The minimum absolute atomic E-state index is 0. The number of nitrogens with two attached hydrogens (primary N) is 1. The molecule has 5 heteroatoms. The standard InChI is InChI=1S/C13H19FN2O.ClH/c1-4-9(3)12(15)13(17)16-11-6-5-8(2)7-10(11)14;/h5-7,9,12H,4,15H2,1-3H3,(H,16,17);1H. The van der Waals surface area contributed by atoms with Gasteiger partial charge in [-0.2, -0.15) is 0 Å². The van der Waals surface area contributed by atoms with E-state index < -0.39 is 11.9 Å². The van der Waals surface area contributed by atoms with Crippen LogP contribution >= 0.6 is 12.4 Å². The van der Waals surface area contributed by atoms with Crippen LogP contribution in [0.15, 0.2) is 18.2 Å². The van der Waals surface area contributed by atoms with Gasteiger partial charge in [0.25, 0.3) is 0 Å². The van der Waals surface area contributed by atoms with E-state index in [4.69, 9.17) is 5.73 Å². The maximum atomic E-state index is 13.5. The Morgan fingerprint density at radius 3 is 2.61 bits per heavy atom. The van der Waals surface area contributed by atoms with E-state index in [1.807, 2.05) is 13.8 Å². The van der Waals surface area contributed by atoms with Gasteiger partial charge in [0.2, 0.25) is 5.91 Å². The molecule has 2 unspecified atom stereocenters. The highest BCUT2D eigenvalue weighted by molar-refractivity contribution is 5.94. The lowest BCUT2D eigenvalue weighted by Gasteiger charge is -2.18. The molecular weight excluding hydrogens is 255 g/mol. The van der Waals surface area contributed by atoms with Gasteiger partial charge in [-0.05, 0) is 30.5 Å². The molecule has 0 saturated heterocycles. The van der Waals surface area contributed by atoms with E-state index in [0.717, 1.165) is 12.0 Å². The number of rotatable bonds is 4. The van der Waals surface area contributed by atoms with Crippen molar-refractivity contribution >= 4 is 24.0 Å². The summed E-state index contributed by atoms with van der Waals surface area (Å²) >= 11 is 0. The van der Waals surface area contributed by atoms with E-state index >= 15 is 0 Å². The summed E-state index contributed by atoms with van der Waals surface area (Å²) in [4.78, 5) is 11.7. The van der Waals surface area contributed by atoms with Gasteiger partial charge in [-0.15, -0.1) is 12.4 Å². The fourth-order valence-electron chi connectivity index (χ4n) is 1.45. The predicted octanol–water partition coefficient (Wildman–Crippen LogP) is 2.87. The summed E-state index contributed by atoms with van der Waals surface area (Å²) in [6.07, 6.45) is 0.810. The van der Waals surface area contributed by atoms with Gasteiger partial charge in [-0.3, -0.25) is 4.79 Å². The Morgan fingerprint density at radius 2 is 2.11 bits per heavy atom. The molecule has 0 fully saturated rings. The van der Waals surface area contributed by atoms with Crippen LogP contribution in [0.5, 0.6) is 0 Å². The molecule has 1 aromatic rings. The van der Waals surface area contributed by atoms with Gasteiger partial charge in [0.05, 0.1) is 11.7 Å². The van der Waals surface area contributed by atoms with Crippen LogP contribution in [0, 0.1) is 18.7 Å². The van der Waals surface area contributed by atoms with E-state index in [-0.39, 0.29) is 29.9 Å². The van der Waals surface area contributed by atoms with Gasteiger partial charge >= 0.3 is 0 Å². The van der Waals surface area contributed by atoms with E-state index in [2.05, 4.69) is 5.32 Å². The zero-order valence-electron chi connectivity index (χ0n) is 10.9. The van der Waals surface area contributed by atoms with Crippen LogP contribution in [0.2, 0.25) is 0 Å². The van der Waals surface area contributed by atoms with Gasteiger partial charge < -0.3 is 11.1 Å². The monoisotopic (exact) mass is 274 g/mol. The molecule has 1 aromatic carbocycles. The van der Waals surface area contributed by atoms with Crippen molar-refractivity contribution in [3.8, 4) is 0 Å². The molecule has 0 radical (unpaired) electrons. The predicted molar refractivity (Wildman–Crippen MR) is 74.4 cm³/mol. The van der Waals surface area contributed by atoms with Crippen molar-refractivity contribution in [2.75, 3.05) is 5.32 Å². The Balaban J connectivity index is 0.00000289. The minimum Gasteiger partial charge on any atom is -0.322 e. The summed E-state index contributed by atoms with van der Waals surface area (Å²) in [5.74, 6) is -0.708. The molecule has 2 atom stereocenters. The SMILES string of the molecule is CCC(C)C(N)C(=O)Nc1ccc(C)cc1F.Cl. The minimum atomic E-state index is -0.610. The zero-order valence-corrected chi connectivity index (χ0v) is 11.7. The third kappa shape index (κ3) is 4.27. The molecular formula is C13H20ClFN2O. The molecule has 0 aliphatic rings. The van der Waals surface area contributed by atoms with E-state index in [1.165, 1.54) is 6.07 Å². The largest absolute Gasteiger partial charge is 0.322 e. The van der Waals surface area contributed by atoms with E-state index in [1.54, 1.807) is 19.1 Å². The molecule has 3 nitrogen and oxygen atoms in total. The molecule has 1 amide bonds. The number of carbonyl (C=O) groups is 1. The van der Waals surface area contributed by atoms with Crippen molar-refractivity contribution < 1.29 is 9.18 Å². The lowest BCUT2D eigenvalue weighted by atomic mass is 9.99. The third-order valence-corrected chi connectivity index (χ3v) is 2.94. The molecule has 0 heterocycles. The van der Waals surface area contributed by atoms with Gasteiger partial charge in [0.1, 0.15) is 5.82 Å². The molecule has 1 rings (SSSR count). The topological polar surface area (TPSA) is 55.1 Å². The Kier molecular flexibility index (Phi) is 6.88. The summed E-state index contributed by atoms with van der Waals surface area (Å²) in [5, 5.41) is 2.51. The van der Waals surface area contributed by atoms with Crippen LogP contribution < -0.4 is 11.1 Å². The zero-order chi connectivity index (χ0) is 13.0. The van der Waals surface area contributed by atoms with Crippen LogP contribution in [0.3, 0.4) is 0 Å². The first-order valence-electron chi connectivity index (χ1n) is 5.78. The van der Waals surface area contributed by atoms with Crippen molar-refractivity contribution in [2.24, 2.45) is 11.7 Å². The summed E-state index contributed by atoms with van der Waals surface area (Å²) < 4.78 is 13.5. The summed E-state index contributed by atoms with van der Waals surface area (Å²) in [6, 6.07) is 4.06. The average Bonchev–Trinajstić information content (AvgIpc) is 2.30. The first-order chi connectivity index (χ1) is 7.95. The Labute approximate surface area is 113 Å². The highest BCUT2D eigenvalue weighted by atomic mass is 35.5. The molecule has 18 heavy (non-hydrogen) atoms. The Bertz CT molecular complexity index is 412. The van der Waals surface area contributed by atoms with Crippen LogP contribution in [0.4, 0.5) is 10.1 Å². The number of carbonyl (C=O) groups excluding carboxylic acids is 1. The summed E-state index contributed by atoms with van der Waals surface area (Å²) in [6.45, 7) is 5.65. The van der Waals surface area contributed by atoms with Crippen molar-refractivity contribution in [3.63, 3.8) is 0 Å². The molecule has 0 saturated carbocycles. The summed E-state index contributed by atoms with van der Waals surface area (Å²) in [5.41, 5.74) is 6.76. The van der Waals surface area contributed by atoms with E-state index in [9.17, 15) is 9.18 Å². The second-order valence-corrected chi connectivity index (χ2v) is 4.38. The molecule has 102 valence electrons. The normalized spacial score (nSPS) is 13.4. The maximum Gasteiger partial charge on any atom is 0.241 e. The van der Waals surface area contributed by atoms with Gasteiger partial charge in [-0.1, -0.05) is 26.3 Å². The molecule has 0 aromatic heterocycles. The second kappa shape index (κ2) is 7.34. The molecule has 0 aliphatic heterocycles. The fourth-order valence-corrected chi connectivity index (χ4v) is 1.45. The Morgan fingerprint density at radius 1 is 1.50 bits per heavy atom. The van der Waals surface area contributed by atoms with Gasteiger partial charge in [0, 0.05) is 0 Å². The number of anilines is 1. The van der Waals surface area contributed by atoms with Crippen LogP contribution in [-0.2, 0) is 4.79 Å². The van der Waals surface area contributed by atoms with Crippen LogP contribution in [0.1, 0.15) is 25.8 Å². The van der Waals surface area contributed by atoms with Crippen molar-refractivity contribution in [3.05, 3.63) is 29.6 Å². The van der Waals surface area contributed by atoms with E-state index in [0.29, 0.717) is 0 Å². The highest BCUT2D eigenvalue weighted by Gasteiger charge is 2.20. The third-order valence-electron chi connectivity index (χ3n) is 2.94. The summed E-state index contributed by atoms with van der Waals surface area (Å²) in [7, 11) is 0. The number of amides is 1.